The van der Waals surface area contributed by atoms with Gasteiger partial charge in [-0.1, -0.05) is 152 Å². The predicted molar refractivity (Wildman–Crippen MR) is 209 cm³/mol. The van der Waals surface area contributed by atoms with Crippen LogP contribution in [-0.2, 0) is 6.54 Å². The van der Waals surface area contributed by atoms with Crippen LogP contribution in [0.25, 0.3) is 83.2 Å². The Kier molecular flexibility index (Phi) is 6.81. The van der Waals surface area contributed by atoms with Crippen molar-refractivity contribution in [3.63, 3.8) is 0 Å². The van der Waals surface area contributed by atoms with Crippen molar-refractivity contribution < 1.29 is 0 Å². The molecule has 0 bridgehead atoms. The zero-order valence-electron chi connectivity index (χ0n) is 27.7. The second-order valence-electron chi connectivity index (χ2n) is 12.9. The SMILES string of the molecule is c1ccc(-c2cccc(-n3c4ccccc4c4ccc5c6ccccc6n(Cc6nc(-c7ccccc7)nc(-c7ccccc7)n6)c5c43)c2)cc1. The molecule has 0 fully saturated rings. The van der Waals surface area contributed by atoms with E-state index in [0.717, 1.165) is 33.4 Å². The third-order valence-electron chi connectivity index (χ3n) is 9.82. The Morgan fingerprint density at radius 1 is 0.373 bits per heavy atom. The molecule has 7 aromatic carbocycles. The van der Waals surface area contributed by atoms with Gasteiger partial charge >= 0.3 is 0 Å². The third kappa shape index (κ3) is 4.90. The van der Waals surface area contributed by atoms with Crippen molar-refractivity contribution >= 4 is 43.6 Å². The van der Waals surface area contributed by atoms with E-state index in [9.17, 15) is 0 Å². The fourth-order valence-electron chi connectivity index (χ4n) is 7.54. The van der Waals surface area contributed by atoms with Crippen LogP contribution in [0.3, 0.4) is 0 Å². The van der Waals surface area contributed by atoms with Gasteiger partial charge in [0, 0.05) is 43.9 Å². The molecule has 0 aliphatic carbocycles. The quantitative estimate of drug-likeness (QED) is 0.179. The van der Waals surface area contributed by atoms with E-state index >= 15 is 0 Å². The van der Waals surface area contributed by atoms with Crippen LogP contribution < -0.4 is 0 Å². The van der Waals surface area contributed by atoms with Gasteiger partial charge in [-0.3, -0.25) is 0 Å². The topological polar surface area (TPSA) is 48.5 Å². The number of rotatable bonds is 6. The predicted octanol–water partition coefficient (Wildman–Crippen LogP) is 11.1. The van der Waals surface area contributed by atoms with Crippen LogP contribution in [0, 0.1) is 0 Å². The van der Waals surface area contributed by atoms with Crippen LogP contribution in [-0.4, -0.2) is 24.1 Å². The average molecular weight is 654 g/mol. The van der Waals surface area contributed by atoms with Crippen molar-refractivity contribution in [1.29, 1.82) is 0 Å². The highest BCUT2D eigenvalue weighted by Gasteiger charge is 2.22. The summed E-state index contributed by atoms with van der Waals surface area (Å²) in [5.41, 5.74) is 10.0. The van der Waals surface area contributed by atoms with E-state index in [1.807, 2.05) is 36.4 Å². The van der Waals surface area contributed by atoms with Crippen LogP contribution in [0.15, 0.2) is 176 Å². The molecule has 0 aliphatic rings. The van der Waals surface area contributed by atoms with E-state index in [4.69, 9.17) is 15.0 Å². The lowest BCUT2D eigenvalue weighted by Crippen LogP contribution is -2.09. The molecule has 0 saturated heterocycles. The Balaban J connectivity index is 1.26. The summed E-state index contributed by atoms with van der Waals surface area (Å²) in [6.07, 6.45) is 0. The van der Waals surface area contributed by atoms with E-state index in [0.29, 0.717) is 24.0 Å². The minimum atomic E-state index is 0.469. The zero-order chi connectivity index (χ0) is 33.7. The molecule has 0 radical (unpaired) electrons. The summed E-state index contributed by atoms with van der Waals surface area (Å²) < 4.78 is 4.84. The Morgan fingerprint density at radius 2 is 0.882 bits per heavy atom. The Morgan fingerprint density at radius 3 is 1.53 bits per heavy atom. The van der Waals surface area contributed by atoms with E-state index in [1.54, 1.807) is 0 Å². The summed E-state index contributed by atoms with van der Waals surface area (Å²) in [5.74, 6) is 2.03. The fourth-order valence-corrected chi connectivity index (χ4v) is 7.54. The van der Waals surface area contributed by atoms with Crippen LogP contribution >= 0.6 is 0 Å². The van der Waals surface area contributed by atoms with Gasteiger partial charge in [-0.2, -0.15) is 0 Å². The van der Waals surface area contributed by atoms with Gasteiger partial charge in [0.2, 0.25) is 0 Å². The molecule has 0 unspecified atom stereocenters. The standard InChI is InChI=1S/C46H31N5/c1-4-15-31(16-5-1)34-21-14-22-35(29-34)51-41-26-13-11-24-37(41)39-28-27-38-36-23-10-12-25-40(36)50(43(38)44(39)51)30-42-47-45(32-17-6-2-7-18-32)49-46(48-42)33-19-8-3-9-20-33/h1-29H,30H2. The molecule has 3 aromatic heterocycles. The van der Waals surface area contributed by atoms with Gasteiger partial charge < -0.3 is 9.13 Å². The summed E-state index contributed by atoms with van der Waals surface area (Å²) in [6, 6.07) is 61.8. The molecule has 240 valence electrons. The molecule has 0 spiro atoms. The second-order valence-corrected chi connectivity index (χ2v) is 12.9. The fraction of sp³-hybridized carbons (Fsp3) is 0.0217. The number of hydrogen-bond donors (Lipinski definition) is 0. The average Bonchev–Trinajstić information content (AvgIpc) is 3.71. The minimum absolute atomic E-state index is 0.469. The van der Waals surface area contributed by atoms with Gasteiger partial charge in [-0.05, 0) is 35.4 Å². The van der Waals surface area contributed by atoms with Gasteiger partial charge in [0.15, 0.2) is 17.5 Å². The third-order valence-corrected chi connectivity index (χ3v) is 9.82. The molecule has 0 amide bonds. The van der Waals surface area contributed by atoms with Gasteiger partial charge in [-0.15, -0.1) is 0 Å². The molecule has 0 saturated carbocycles. The lowest BCUT2D eigenvalue weighted by atomic mass is 10.1. The smallest absolute Gasteiger partial charge is 0.163 e. The Bertz CT molecular complexity index is 2810. The van der Waals surface area contributed by atoms with Crippen molar-refractivity contribution in [2.75, 3.05) is 0 Å². The van der Waals surface area contributed by atoms with Crippen molar-refractivity contribution in [1.82, 2.24) is 24.1 Å². The van der Waals surface area contributed by atoms with Crippen molar-refractivity contribution in [2.24, 2.45) is 0 Å². The number of fused-ring (bicyclic) bond motifs is 7. The monoisotopic (exact) mass is 653 g/mol. The molecular weight excluding hydrogens is 623 g/mol. The largest absolute Gasteiger partial charge is 0.331 e. The van der Waals surface area contributed by atoms with Crippen LogP contribution in [0.5, 0.6) is 0 Å². The van der Waals surface area contributed by atoms with Gasteiger partial charge in [-0.25, -0.2) is 15.0 Å². The highest BCUT2D eigenvalue weighted by atomic mass is 15.1. The number of aromatic nitrogens is 5. The summed E-state index contributed by atoms with van der Waals surface area (Å²) in [5, 5.41) is 4.82. The maximum atomic E-state index is 5.12. The molecule has 0 atom stereocenters. The normalized spacial score (nSPS) is 11.6. The van der Waals surface area contributed by atoms with E-state index in [2.05, 4.69) is 149 Å². The first-order valence-electron chi connectivity index (χ1n) is 17.2. The first kappa shape index (κ1) is 29.1. The highest BCUT2D eigenvalue weighted by molar-refractivity contribution is 6.23. The number of benzene rings is 7. The number of hydrogen-bond acceptors (Lipinski definition) is 3. The maximum absolute atomic E-state index is 5.12. The van der Waals surface area contributed by atoms with E-state index in [1.165, 1.54) is 38.2 Å². The Hall–Kier alpha value is -6.85. The van der Waals surface area contributed by atoms with Gasteiger partial charge in [0.1, 0.15) is 0 Å². The molecule has 5 nitrogen and oxygen atoms in total. The van der Waals surface area contributed by atoms with Crippen molar-refractivity contribution in [2.45, 2.75) is 6.54 Å². The summed E-state index contributed by atoms with van der Waals surface area (Å²) in [6.45, 7) is 0.469. The molecule has 5 heteroatoms. The highest BCUT2D eigenvalue weighted by Crippen LogP contribution is 2.41. The second kappa shape index (κ2) is 11.9. The lowest BCUT2D eigenvalue weighted by Gasteiger charge is -2.14. The van der Waals surface area contributed by atoms with Crippen LogP contribution in [0.1, 0.15) is 5.82 Å². The van der Waals surface area contributed by atoms with Crippen molar-refractivity contribution in [3.8, 4) is 39.6 Å². The minimum Gasteiger partial charge on any atom is -0.331 e. The van der Waals surface area contributed by atoms with Crippen LogP contribution in [0.4, 0.5) is 0 Å². The van der Waals surface area contributed by atoms with Crippen LogP contribution in [0.2, 0.25) is 0 Å². The number of nitrogens with zero attached hydrogens (tertiary/aromatic N) is 5. The molecular formula is C46H31N5. The maximum Gasteiger partial charge on any atom is 0.163 e. The van der Waals surface area contributed by atoms with E-state index in [-0.39, 0.29) is 0 Å². The van der Waals surface area contributed by atoms with E-state index < -0.39 is 0 Å². The van der Waals surface area contributed by atoms with Gasteiger partial charge in [0.05, 0.1) is 23.1 Å². The summed E-state index contributed by atoms with van der Waals surface area (Å²) in [4.78, 5) is 15.2. The summed E-state index contributed by atoms with van der Waals surface area (Å²) in [7, 11) is 0. The first-order valence-corrected chi connectivity index (χ1v) is 17.2. The molecule has 51 heavy (non-hydrogen) atoms. The van der Waals surface area contributed by atoms with Gasteiger partial charge in [0.25, 0.3) is 0 Å². The molecule has 10 rings (SSSR count). The first-order chi connectivity index (χ1) is 25.3. The molecule has 3 heterocycles. The lowest BCUT2D eigenvalue weighted by molar-refractivity contribution is 0.786. The zero-order valence-corrected chi connectivity index (χ0v) is 27.7. The molecule has 10 aromatic rings. The molecule has 0 aliphatic heterocycles. The summed E-state index contributed by atoms with van der Waals surface area (Å²) >= 11 is 0. The van der Waals surface area contributed by atoms with Crippen molar-refractivity contribution in [3.05, 3.63) is 182 Å². The molecule has 0 N–H and O–H groups in total. The Labute approximate surface area is 294 Å². The number of para-hydroxylation sites is 2.